The minimum Gasteiger partial charge on any atom is -0.363 e. The van der Waals surface area contributed by atoms with Gasteiger partial charge in [0.25, 0.3) is 0 Å². The summed E-state index contributed by atoms with van der Waals surface area (Å²) in [6, 6.07) is 6.41. The first kappa shape index (κ1) is 15.5. The van der Waals surface area contributed by atoms with Gasteiger partial charge >= 0.3 is 0 Å². The van der Waals surface area contributed by atoms with Crippen LogP contribution in [0.2, 0.25) is 0 Å². The Bertz CT molecular complexity index is 701. The summed E-state index contributed by atoms with van der Waals surface area (Å²) in [5.41, 5.74) is 6.74. The topological polar surface area (TPSA) is 36.1 Å². The molecule has 3 nitrogen and oxygen atoms in total. The molecule has 0 aliphatic rings. The molecule has 112 valence electrons. The number of hydrogen-bond donors (Lipinski definition) is 1. The molecule has 0 radical (unpaired) electrons. The van der Waals surface area contributed by atoms with Crippen LogP contribution in [0.1, 0.15) is 33.5 Å². The maximum atomic E-state index is 12.0. The molecule has 0 saturated heterocycles. The fraction of sp³-hybridized carbons (Fsp3) is 0.389. The predicted molar refractivity (Wildman–Crippen MR) is 87.6 cm³/mol. The van der Waals surface area contributed by atoms with Crippen LogP contribution in [0.25, 0.3) is 0 Å². The number of nitrogens with one attached hydrogen (secondary N) is 1. The van der Waals surface area contributed by atoms with E-state index in [0.717, 1.165) is 29.9 Å². The van der Waals surface area contributed by atoms with E-state index in [4.69, 9.17) is 0 Å². The van der Waals surface area contributed by atoms with Gasteiger partial charge in [0.1, 0.15) is 0 Å². The van der Waals surface area contributed by atoms with E-state index in [1.807, 2.05) is 13.8 Å². The van der Waals surface area contributed by atoms with Crippen LogP contribution in [0.15, 0.2) is 29.2 Å². The molecule has 0 saturated carbocycles. The van der Waals surface area contributed by atoms with Gasteiger partial charge in [-0.3, -0.25) is 9.69 Å². The van der Waals surface area contributed by atoms with Crippen molar-refractivity contribution < 1.29 is 0 Å². The number of nitrogens with zero attached hydrogens (tertiary/aromatic N) is 1. The van der Waals surface area contributed by atoms with Crippen molar-refractivity contribution in [2.75, 3.05) is 7.05 Å². The molecule has 0 atom stereocenters. The Morgan fingerprint density at radius 3 is 2.43 bits per heavy atom. The Morgan fingerprint density at radius 1 is 1.00 bits per heavy atom. The molecule has 1 heterocycles. The molecule has 0 amide bonds. The van der Waals surface area contributed by atoms with E-state index in [9.17, 15) is 4.79 Å². The number of rotatable bonds is 4. The monoisotopic (exact) mass is 284 g/mol. The Morgan fingerprint density at radius 2 is 1.71 bits per heavy atom. The molecule has 0 fully saturated rings. The number of aromatic nitrogens is 1. The van der Waals surface area contributed by atoms with E-state index in [1.165, 1.54) is 16.7 Å². The van der Waals surface area contributed by atoms with Crippen LogP contribution >= 0.6 is 0 Å². The number of benzene rings is 1. The molecule has 3 heteroatoms. The molecule has 0 bridgehead atoms. The summed E-state index contributed by atoms with van der Waals surface area (Å²) in [5.74, 6) is 0. The van der Waals surface area contributed by atoms with E-state index in [1.54, 1.807) is 6.20 Å². The molecule has 21 heavy (non-hydrogen) atoms. The molecule has 0 spiro atoms. The van der Waals surface area contributed by atoms with Gasteiger partial charge in [-0.1, -0.05) is 18.2 Å². The minimum atomic E-state index is 0.142. The molecule has 1 aromatic heterocycles. The standard InChI is InChI=1S/C18H24N2O/c1-12-7-6-8-16(14(12)3)10-20(5)11-17-15(4)18(21)13(2)9-19-17/h6-9H,10-11H2,1-5H3,(H,19,21). The lowest BCUT2D eigenvalue weighted by Gasteiger charge is -2.20. The fourth-order valence-electron chi connectivity index (χ4n) is 2.57. The highest BCUT2D eigenvalue weighted by atomic mass is 16.1. The van der Waals surface area contributed by atoms with E-state index in [-0.39, 0.29) is 5.43 Å². The fourth-order valence-corrected chi connectivity index (χ4v) is 2.57. The molecule has 2 rings (SSSR count). The summed E-state index contributed by atoms with van der Waals surface area (Å²) in [4.78, 5) is 17.5. The van der Waals surface area contributed by atoms with Crippen LogP contribution in [0, 0.1) is 27.7 Å². The Balaban J connectivity index is 2.16. The second-order valence-corrected chi connectivity index (χ2v) is 5.94. The van der Waals surface area contributed by atoms with Crippen molar-refractivity contribution in [1.82, 2.24) is 9.88 Å². The zero-order chi connectivity index (χ0) is 15.6. The Labute approximate surface area is 126 Å². The van der Waals surface area contributed by atoms with Crippen LogP contribution in [-0.4, -0.2) is 16.9 Å². The van der Waals surface area contributed by atoms with Crippen LogP contribution in [-0.2, 0) is 13.1 Å². The number of pyridine rings is 1. The van der Waals surface area contributed by atoms with Crippen LogP contribution < -0.4 is 5.43 Å². The van der Waals surface area contributed by atoms with Gasteiger partial charge in [-0.25, -0.2) is 0 Å². The molecular formula is C18H24N2O. The van der Waals surface area contributed by atoms with Gasteiger partial charge in [0.15, 0.2) is 5.43 Å². The minimum absolute atomic E-state index is 0.142. The molecule has 2 aromatic rings. The number of hydrogen-bond acceptors (Lipinski definition) is 2. The summed E-state index contributed by atoms with van der Waals surface area (Å²) in [5, 5.41) is 0. The lowest BCUT2D eigenvalue weighted by molar-refractivity contribution is 0.313. The Kier molecular flexibility index (Phi) is 4.63. The third-order valence-electron chi connectivity index (χ3n) is 4.20. The molecule has 0 unspecified atom stereocenters. The van der Waals surface area contributed by atoms with Gasteiger partial charge in [-0.2, -0.15) is 0 Å². The molecule has 1 aromatic carbocycles. The average molecular weight is 284 g/mol. The van der Waals surface area contributed by atoms with E-state index >= 15 is 0 Å². The zero-order valence-corrected chi connectivity index (χ0v) is 13.6. The number of H-pyrrole nitrogens is 1. The highest BCUT2D eigenvalue weighted by Gasteiger charge is 2.09. The Hall–Kier alpha value is -1.87. The first-order valence-corrected chi connectivity index (χ1v) is 7.31. The van der Waals surface area contributed by atoms with Crippen molar-refractivity contribution in [3.8, 4) is 0 Å². The summed E-state index contributed by atoms with van der Waals surface area (Å²) in [6.45, 7) is 9.66. The predicted octanol–water partition coefficient (Wildman–Crippen LogP) is 3.24. The quantitative estimate of drug-likeness (QED) is 0.935. The molecular weight excluding hydrogens is 260 g/mol. The maximum Gasteiger partial charge on any atom is 0.187 e. The van der Waals surface area contributed by atoms with E-state index in [2.05, 4.69) is 49.0 Å². The number of aromatic amines is 1. The second-order valence-electron chi connectivity index (χ2n) is 5.94. The van der Waals surface area contributed by atoms with Crippen LogP contribution in [0.4, 0.5) is 0 Å². The van der Waals surface area contributed by atoms with Crippen molar-refractivity contribution in [1.29, 1.82) is 0 Å². The van der Waals surface area contributed by atoms with Gasteiger partial charge in [0.2, 0.25) is 0 Å². The normalized spacial score (nSPS) is 11.1. The second kappa shape index (κ2) is 6.27. The van der Waals surface area contributed by atoms with Crippen LogP contribution in [0.3, 0.4) is 0 Å². The summed E-state index contributed by atoms with van der Waals surface area (Å²) < 4.78 is 0. The van der Waals surface area contributed by atoms with Crippen molar-refractivity contribution in [2.45, 2.75) is 40.8 Å². The average Bonchev–Trinajstić information content (AvgIpc) is 2.45. The lowest BCUT2D eigenvalue weighted by Crippen LogP contribution is -2.22. The summed E-state index contributed by atoms with van der Waals surface area (Å²) in [7, 11) is 2.08. The van der Waals surface area contributed by atoms with Crippen molar-refractivity contribution >= 4 is 0 Å². The van der Waals surface area contributed by atoms with Crippen LogP contribution in [0.5, 0.6) is 0 Å². The van der Waals surface area contributed by atoms with Gasteiger partial charge < -0.3 is 4.98 Å². The van der Waals surface area contributed by atoms with Crippen molar-refractivity contribution in [3.63, 3.8) is 0 Å². The van der Waals surface area contributed by atoms with Gasteiger partial charge in [-0.15, -0.1) is 0 Å². The van der Waals surface area contributed by atoms with Gasteiger partial charge in [0, 0.05) is 36.1 Å². The highest BCUT2D eigenvalue weighted by molar-refractivity contribution is 5.33. The van der Waals surface area contributed by atoms with Crippen molar-refractivity contribution in [2.24, 2.45) is 0 Å². The van der Waals surface area contributed by atoms with Gasteiger partial charge in [-0.05, 0) is 51.4 Å². The van der Waals surface area contributed by atoms with E-state index in [0.29, 0.717) is 0 Å². The first-order valence-electron chi connectivity index (χ1n) is 7.31. The largest absolute Gasteiger partial charge is 0.363 e. The number of aryl methyl sites for hydroxylation is 2. The molecule has 0 aliphatic carbocycles. The zero-order valence-electron chi connectivity index (χ0n) is 13.6. The van der Waals surface area contributed by atoms with E-state index < -0.39 is 0 Å². The van der Waals surface area contributed by atoms with Crippen molar-refractivity contribution in [3.05, 3.63) is 68.1 Å². The maximum absolute atomic E-state index is 12.0. The highest BCUT2D eigenvalue weighted by Crippen LogP contribution is 2.15. The van der Waals surface area contributed by atoms with Gasteiger partial charge in [0.05, 0.1) is 0 Å². The third-order valence-corrected chi connectivity index (χ3v) is 4.20. The smallest absolute Gasteiger partial charge is 0.187 e. The first-order chi connectivity index (χ1) is 9.90. The molecule has 1 N–H and O–H groups in total. The summed E-state index contributed by atoms with van der Waals surface area (Å²) >= 11 is 0. The molecule has 0 aliphatic heterocycles. The lowest BCUT2D eigenvalue weighted by atomic mass is 10.0. The SMILES string of the molecule is Cc1cccc(CN(C)Cc2[nH]cc(C)c(=O)c2C)c1C. The third kappa shape index (κ3) is 3.42. The summed E-state index contributed by atoms with van der Waals surface area (Å²) in [6.07, 6.45) is 1.80.